The lowest BCUT2D eigenvalue weighted by Crippen LogP contribution is -1.92. The van der Waals surface area contributed by atoms with E-state index in [9.17, 15) is 0 Å². The molecule has 0 amide bonds. The molecule has 0 spiro atoms. The molecule has 0 bridgehead atoms. The third kappa shape index (κ3) is 1.75. The SMILES string of the molecule is Cc1nn(C)c2ncc(-c3cccc(Cl)n3)cc12. The molecule has 0 aliphatic rings. The van der Waals surface area contributed by atoms with E-state index in [2.05, 4.69) is 15.1 Å². The summed E-state index contributed by atoms with van der Waals surface area (Å²) in [4.78, 5) is 8.71. The van der Waals surface area contributed by atoms with Gasteiger partial charge in [-0.05, 0) is 25.1 Å². The van der Waals surface area contributed by atoms with E-state index >= 15 is 0 Å². The van der Waals surface area contributed by atoms with E-state index in [1.807, 2.05) is 32.2 Å². The van der Waals surface area contributed by atoms with Gasteiger partial charge in [0.1, 0.15) is 5.15 Å². The van der Waals surface area contributed by atoms with E-state index in [0.29, 0.717) is 5.15 Å². The van der Waals surface area contributed by atoms with Crippen LogP contribution in [0.25, 0.3) is 22.3 Å². The van der Waals surface area contributed by atoms with E-state index in [4.69, 9.17) is 11.6 Å². The fraction of sp³-hybridized carbons (Fsp3) is 0.154. The van der Waals surface area contributed by atoms with Crippen molar-refractivity contribution in [3.05, 3.63) is 41.3 Å². The topological polar surface area (TPSA) is 43.6 Å². The minimum atomic E-state index is 0.482. The minimum absolute atomic E-state index is 0.482. The molecule has 18 heavy (non-hydrogen) atoms. The molecule has 0 saturated carbocycles. The monoisotopic (exact) mass is 258 g/mol. The first kappa shape index (κ1) is 11.2. The summed E-state index contributed by atoms with van der Waals surface area (Å²) in [6.07, 6.45) is 1.79. The van der Waals surface area contributed by atoms with Crippen LogP contribution in [0, 0.1) is 6.92 Å². The molecule has 3 heterocycles. The summed E-state index contributed by atoms with van der Waals surface area (Å²) in [7, 11) is 1.89. The second-order valence-electron chi connectivity index (χ2n) is 4.15. The van der Waals surface area contributed by atoms with Crippen LogP contribution in [0.5, 0.6) is 0 Å². The Kier molecular flexibility index (Phi) is 2.52. The van der Waals surface area contributed by atoms with Crippen LogP contribution in [0.15, 0.2) is 30.5 Å². The lowest BCUT2D eigenvalue weighted by atomic mass is 10.1. The Hall–Kier alpha value is -1.94. The van der Waals surface area contributed by atoms with Crippen LogP contribution in [-0.4, -0.2) is 19.7 Å². The molecule has 0 atom stereocenters. The Balaban J connectivity index is 2.22. The molecule has 3 aromatic heterocycles. The number of aromatic nitrogens is 4. The standard InChI is InChI=1S/C13H11ClN4/c1-8-10-6-9(7-15-13(10)18(2)17-8)11-4-3-5-12(14)16-11/h3-7H,1-2H3. The zero-order chi connectivity index (χ0) is 12.7. The van der Waals surface area contributed by atoms with Gasteiger partial charge in [-0.3, -0.25) is 4.68 Å². The summed E-state index contributed by atoms with van der Waals surface area (Å²) in [6.45, 7) is 1.97. The lowest BCUT2D eigenvalue weighted by molar-refractivity contribution is 0.774. The van der Waals surface area contributed by atoms with Crippen molar-refractivity contribution in [3.63, 3.8) is 0 Å². The summed E-state index contributed by atoms with van der Waals surface area (Å²) < 4.78 is 1.78. The summed E-state index contributed by atoms with van der Waals surface area (Å²) in [5, 5.41) is 5.87. The fourth-order valence-electron chi connectivity index (χ4n) is 2.02. The highest BCUT2D eigenvalue weighted by molar-refractivity contribution is 6.29. The van der Waals surface area contributed by atoms with Crippen LogP contribution in [0.3, 0.4) is 0 Å². The van der Waals surface area contributed by atoms with Crippen LogP contribution in [0.1, 0.15) is 5.69 Å². The van der Waals surface area contributed by atoms with Crippen LogP contribution >= 0.6 is 11.6 Å². The van der Waals surface area contributed by atoms with Crippen LogP contribution in [0.4, 0.5) is 0 Å². The molecule has 3 rings (SSSR count). The first-order valence-electron chi connectivity index (χ1n) is 5.57. The first-order valence-corrected chi connectivity index (χ1v) is 5.95. The number of rotatable bonds is 1. The molecule has 90 valence electrons. The van der Waals surface area contributed by atoms with Gasteiger partial charge in [-0.25, -0.2) is 9.97 Å². The van der Waals surface area contributed by atoms with Crippen molar-refractivity contribution in [2.75, 3.05) is 0 Å². The Bertz CT molecular complexity index is 733. The van der Waals surface area contributed by atoms with Gasteiger partial charge in [-0.2, -0.15) is 5.10 Å². The van der Waals surface area contributed by atoms with Crippen molar-refractivity contribution in [1.82, 2.24) is 19.7 Å². The number of pyridine rings is 2. The summed E-state index contributed by atoms with van der Waals surface area (Å²) in [5.41, 5.74) is 3.60. The predicted octanol–water partition coefficient (Wildman–Crippen LogP) is 2.99. The van der Waals surface area contributed by atoms with Crippen molar-refractivity contribution < 1.29 is 0 Å². The molecule has 0 radical (unpaired) electrons. The molecule has 4 nitrogen and oxygen atoms in total. The average Bonchev–Trinajstić information content (AvgIpc) is 2.65. The Labute approximate surface area is 109 Å². The number of fused-ring (bicyclic) bond motifs is 1. The number of aryl methyl sites for hydroxylation is 2. The smallest absolute Gasteiger partial charge is 0.157 e. The van der Waals surface area contributed by atoms with Crippen molar-refractivity contribution in [2.24, 2.45) is 7.05 Å². The van der Waals surface area contributed by atoms with E-state index in [1.165, 1.54) is 0 Å². The number of hydrogen-bond acceptors (Lipinski definition) is 3. The molecule has 0 aliphatic heterocycles. The highest BCUT2D eigenvalue weighted by Crippen LogP contribution is 2.23. The van der Waals surface area contributed by atoms with E-state index in [1.54, 1.807) is 16.9 Å². The predicted molar refractivity (Wildman–Crippen MR) is 71.5 cm³/mol. The highest BCUT2D eigenvalue weighted by Gasteiger charge is 2.08. The highest BCUT2D eigenvalue weighted by atomic mass is 35.5. The third-order valence-corrected chi connectivity index (χ3v) is 3.08. The van der Waals surface area contributed by atoms with E-state index in [0.717, 1.165) is 28.0 Å². The van der Waals surface area contributed by atoms with Gasteiger partial charge in [0.15, 0.2) is 5.65 Å². The maximum Gasteiger partial charge on any atom is 0.157 e. The van der Waals surface area contributed by atoms with Gasteiger partial charge in [0, 0.05) is 24.2 Å². The lowest BCUT2D eigenvalue weighted by Gasteiger charge is -2.01. The molecular weight excluding hydrogens is 248 g/mol. The number of halogens is 1. The Morgan fingerprint density at radius 3 is 2.89 bits per heavy atom. The molecule has 0 fully saturated rings. The molecule has 0 N–H and O–H groups in total. The first-order chi connectivity index (χ1) is 8.65. The third-order valence-electron chi connectivity index (χ3n) is 2.87. The van der Waals surface area contributed by atoms with Gasteiger partial charge in [0.2, 0.25) is 0 Å². The summed E-state index contributed by atoms with van der Waals surface area (Å²) in [6, 6.07) is 7.60. The van der Waals surface area contributed by atoms with E-state index < -0.39 is 0 Å². The van der Waals surface area contributed by atoms with Crippen LogP contribution < -0.4 is 0 Å². The van der Waals surface area contributed by atoms with Crippen molar-refractivity contribution >= 4 is 22.6 Å². The Morgan fingerprint density at radius 2 is 2.11 bits per heavy atom. The van der Waals surface area contributed by atoms with Crippen molar-refractivity contribution in [2.45, 2.75) is 6.92 Å². The number of hydrogen-bond donors (Lipinski definition) is 0. The van der Waals surface area contributed by atoms with Crippen LogP contribution in [-0.2, 0) is 7.05 Å². The van der Waals surface area contributed by atoms with Gasteiger partial charge in [-0.15, -0.1) is 0 Å². The van der Waals surface area contributed by atoms with Gasteiger partial charge in [-0.1, -0.05) is 17.7 Å². The normalized spacial score (nSPS) is 11.1. The largest absolute Gasteiger partial charge is 0.250 e. The van der Waals surface area contributed by atoms with Gasteiger partial charge in [0.05, 0.1) is 11.4 Å². The number of nitrogens with zero attached hydrogens (tertiary/aromatic N) is 4. The van der Waals surface area contributed by atoms with Gasteiger partial charge < -0.3 is 0 Å². The molecule has 5 heteroatoms. The molecule has 0 aromatic carbocycles. The average molecular weight is 259 g/mol. The van der Waals surface area contributed by atoms with Crippen molar-refractivity contribution in [3.8, 4) is 11.3 Å². The molecule has 0 aliphatic carbocycles. The molecule has 0 unspecified atom stereocenters. The molecular formula is C13H11ClN4. The van der Waals surface area contributed by atoms with Crippen LogP contribution in [0.2, 0.25) is 5.15 Å². The second-order valence-corrected chi connectivity index (χ2v) is 4.54. The quantitative estimate of drug-likeness (QED) is 0.630. The van der Waals surface area contributed by atoms with E-state index in [-0.39, 0.29) is 0 Å². The Morgan fingerprint density at radius 1 is 1.28 bits per heavy atom. The summed E-state index contributed by atoms with van der Waals surface area (Å²) in [5.74, 6) is 0. The maximum absolute atomic E-state index is 5.90. The second kappa shape index (κ2) is 4.07. The summed E-state index contributed by atoms with van der Waals surface area (Å²) >= 11 is 5.90. The fourth-order valence-corrected chi connectivity index (χ4v) is 2.18. The minimum Gasteiger partial charge on any atom is -0.250 e. The van der Waals surface area contributed by atoms with Gasteiger partial charge >= 0.3 is 0 Å². The van der Waals surface area contributed by atoms with Crippen molar-refractivity contribution in [1.29, 1.82) is 0 Å². The zero-order valence-electron chi connectivity index (χ0n) is 10.1. The molecule has 0 saturated heterocycles. The van der Waals surface area contributed by atoms with Gasteiger partial charge in [0.25, 0.3) is 0 Å². The maximum atomic E-state index is 5.90. The molecule has 3 aromatic rings. The zero-order valence-corrected chi connectivity index (χ0v) is 10.8.